The van der Waals surface area contributed by atoms with E-state index in [2.05, 4.69) is 0 Å². The van der Waals surface area contributed by atoms with Gasteiger partial charge in [0.15, 0.2) is 11.5 Å². The van der Waals surface area contributed by atoms with E-state index in [-0.39, 0.29) is 24.1 Å². The Morgan fingerprint density at radius 3 is 2.83 bits per heavy atom. The zero-order valence-electron chi connectivity index (χ0n) is 13.7. The number of benzene rings is 2. The first-order chi connectivity index (χ1) is 11.6. The van der Waals surface area contributed by atoms with Gasteiger partial charge in [0, 0.05) is 17.5 Å². The van der Waals surface area contributed by atoms with Crippen LogP contribution in [0.2, 0.25) is 0 Å². The predicted molar refractivity (Wildman–Crippen MR) is 89.0 cm³/mol. The number of rotatable bonds is 5. The second-order valence-corrected chi connectivity index (χ2v) is 5.71. The second-order valence-electron chi connectivity index (χ2n) is 5.71. The molecule has 0 unspecified atom stereocenters. The summed E-state index contributed by atoms with van der Waals surface area (Å²) in [5, 5.41) is 9.77. The van der Waals surface area contributed by atoms with Crippen molar-refractivity contribution in [1.82, 2.24) is 0 Å². The molecule has 0 bridgehead atoms. The highest BCUT2D eigenvalue weighted by atomic mass is 16.5. The molecule has 0 radical (unpaired) electrons. The maximum atomic E-state index is 12.0. The lowest BCUT2D eigenvalue weighted by Gasteiger charge is -2.25. The van der Waals surface area contributed by atoms with E-state index in [1.165, 1.54) is 7.11 Å². The van der Waals surface area contributed by atoms with Gasteiger partial charge in [-0.1, -0.05) is 19.1 Å². The molecule has 24 heavy (non-hydrogen) atoms. The number of fused-ring (bicyclic) bond motifs is 1. The van der Waals surface area contributed by atoms with Crippen molar-refractivity contribution in [3.8, 4) is 23.0 Å². The fraction of sp³-hybridized carbons (Fsp3) is 0.316. The van der Waals surface area contributed by atoms with Crippen LogP contribution in [-0.4, -0.2) is 24.8 Å². The molecule has 0 fully saturated rings. The van der Waals surface area contributed by atoms with Crippen LogP contribution in [0.1, 0.15) is 36.8 Å². The fourth-order valence-electron chi connectivity index (χ4n) is 2.85. The summed E-state index contributed by atoms with van der Waals surface area (Å²) in [6.07, 6.45) is 1.16. The van der Waals surface area contributed by atoms with Gasteiger partial charge < -0.3 is 19.3 Å². The third-order valence-electron chi connectivity index (χ3n) is 4.03. The Bertz CT molecular complexity index is 753. The molecular formula is C19H20O5. The van der Waals surface area contributed by atoms with Crippen LogP contribution in [-0.2, 0) is 4.79 Å². The van der Waals surface area contributed by atoms with Crippen LogP contribution in [0, 0.1) is 0 Å². The molecule has 1 aliphatic heterocycles. The highest BCUT2D eigenvalue weighted by Crippen LogP contribution is 2.42. The van der Waals surface area contributed by atoms with Crippen LogP contribution < -0.4 is 14.2 Å². The zero-order valence-corrected chi connectivity index (χ0v) is 13.7. The predicted octanol–water partition coefficient (Wildman–Crippen LogP) is 3.63. The Kier molecular flexibility index (Phi) is 4.60. The molecule has 0 saturated carbocycles. The molecule has 0 aliphatic carbocycles. The summed E-state index contributed by atoms with van der Waals surface area (Å²) in [4.78, 5) is 12.0. The molecule has 5 heteroatoms. The normalized spacial score (nSPS) is 16.2. The summed E-state index contributed by atoms with van der Waals surface area (Å²) in [6.45, 7) is 2.65. The first-order valence-electron chi connectivity index (χ1n) is 7.96. The molecule has 2 aromatic rings. The minimum atomic E-state index is -0.285. The van der Waals surface area contributed by atoms with E-state index in [0.29, 0.717) is 23.9 Å². The van der Waals surface area contributed by atoms with Crippen LogP contribution in [0.25, 0.3) is 0 Å². The fourth-order valence-corrected chi connectivity index (χ4v) is 2.85. The summed E-state index contributed by atoms with van der Waals surface area (Å²) >= 11 is 0. The zero-order chi connectivity index (χ0) is 17.1. The number of esters is 1. The average Bonchev–Trinajstić information content (AvgIpc) is 2.59. The molecule has 0 amide bonds. The number of hydrogen-bond donors (Lipinski definition) is 1. The lowest BCUT2D eigenvalue weighted by atomic mass is 9.86. The van der Waals surface area contributed by atoms with Crippen LogP contribution in [0.15, 0.2) is 36.4 Å². The number of hydrogen-bond acceptors (Lipinski definition) is 5. The van der Waals surface area contributed by atoms with Crippen molar-refractivity contribution in [2.75, 3.05) is 13.7 Å². The largest absolute Gasteiger partial charge is 0.504 e. The highest BCUT2D eigenvalue weighted by Gasteiger charge is 2.29. The van der Waals surface area contributed by atoms with Gasteiger partial charge in [0.1, 0.15) is 11.5 Å². The molecule has 0 saturated heterocycles. The number of carbonyl (C=O) groups excluding carboxylic acids is 1. The molecule has 2 aromatic carbocycles. The Hall–Kier alpha value is -2.69. The molecule has 3 rings (SSSR count). The minimum Gasteiger partial charge on any atom is -0.504 e. The molecule has 0 aromatic heterocycles. The maximum absolute atomic E-state index is 12.0. The lowest BCUT2D eigenvalue weighted by molar-refractivity contribution is -0.135. The highest BCUT2D eigenvalue weighted by molar-refractivity contribution is 5.78. The number of aromatic hydroxyl groups is 1. The maximum Gasteiger partial charge on any atom is 0.312 e. The van der Waals surface area contributed by atoms with Gasteiger partial charge in [0.2, 0.25) is 0 Å². The Labute approximate surface area is 140 Å². The van der Waals surface area contributed by atoms with E-state index >= 15 is 0 Å². The molecule has 1 aliphatic rings. The number of phenols is 1. The van der Waals surface area contributed by atoms with Gasteiger partial charge in [-0.05, 0) is 30.2 Å². The van der Waals surface area contributed by atoms with E-state index in [0.717, 1.165) is 17.5 Å². The molecule has 5 nitrogen and oxygen atoms in total. The van der Waals surface area contributed by atoms with E-state index in [4.69, 9.17) is 14.2 Å². The molecule has 1 heterocycles. The van der Waals surface area contributed by atoms with Gasteiger partial charge in [0.05, 0.1) is 20.1 Å². The minimum absolute atomic E-state index is 0.0724. The van der Waals surface area contributed by atoms with Crippen LogP contribution >= 0.6 is 0 Å². The van der Waals surface area contributed by atoms with E-state index in [9.17, 15) is 9.90 Å². The van der Waals surface area contributed by atoms with Crippen molar-refractivity contribution >= 4 is 5.97 Å². The molecule has 1 atom stereocenters. The van der Waals surface area contributed by atoms with Crippen molar-refractivity contribution in [1.29, 1.82) is 0 Å². The third-order valence-corrected chi connectivity index (χ3v) is 4.03. The quantitative estimate of drug-likeness (QED) is 0.671. The van der Waals surface area contributed by atoms with Gasteiger partial charge in [-0.3, -0.25) is 4.79 Å². The molecule has 1 N–H and O–H groups in total. The van der Waals surface area contributed by atoms with E-state index in [1.54, 1.807) is 24.3 Å². The van der Waals surface area contributed by atoms with Crippen LogP contribution in [0.5, 0.6) is 23.0 Å². The first-order valence-corrected chi connectivity index (χ1v) is 7.96. The topological polar surface area (TPSA) is 65.0 Å². The second kappa shape index (κ2) is 6.83. The van der Waals surface area contributed by atoms with Gasteiger partial charge >= 0.3 is 5.97 Å². The molecular weight excluding hydrogens is 308 g/mol. The van der Waals surface area contributed by atoms with Gasteiger partial charge in [-0.25, -0.2) is 0 Å². The van der Waals surface area contributed by atoms with Crippen molar-refractivity contribution < 1.29 is 24.1 Å². The van der Waals surface area contributed by atoms with Gasteiger partial charge in [0.25, 0.3) is 0 Å². The monoisotopic (exact) mass is 328 g/mol. The first kappa shape index (κ1) is 16.2. The summed E-state index contributed by atoms with van der Waals surface area (Å²) in [7, 11) is 1.50. The van der Waals surface area contributed by atoms with Gasteiger partial charge in [-0.15, -0.1) is 0 Å². The van der Waals surface area contributed by atoms with Crippen molar-refractivity contribution in [2.24, 2.45) is 0 Å². The third kappa shape index (κ3) is 3.15. The SMILES string of the molecule is CCCOc1ccc2c(c1)OC(=O)C[C@@H]2c1ccc(O)c(OC)c1. The summed E-state index contributed by atoms with van der Waals surface area (Å²) in [5.74, 6) is 1.24. The lowest BCUT2D eigenvalue weighted by Crippen LogP contribution is -2.21. The number of ether oxygens (including phenoxy) is 3. The van der Waals surface area contributed by atoms with Crippen molar-refractivity contribution in [2.45, 2.75) is 25.7 Å². The van der Waals surface area contributed by atoms with Crippen molar-refractivity contribution in [3.05, 3.63) is 47.5 Å². The Morgan fingerprint density at radius 2 is 2.08 bits per heavy atom. The smallest absolute Gasteiger partial charge is 0.312 e. The Morgan fingerprint density at radius 1 is 1.25 bits per heavy atom. The van der Waals surface area contributed by atoms with E-state index < -0.39 is 0 Å². The average molecular weight is 328 g/mol. The molecule has 126 valence electrons. The number of phenolic OH excluding ortho intramolecular Hbond substituents is 1. The Balaban J connectivity index is 1.98. The standard InChI is InChI=1S/C19H20O5/c1-3-8-23-13-5-6-14-15(11-19(21)24-17(14)10-13)12-4-7-16(20)18(9-12)22-2/h4-7,9-10,15,20H,3,8,11H2,1-2H3/t15-/m1/s1. The summed E-state index contributed by atoms with van der Waals surface area (Å²) in [6, 6.07) is 10.7. The number of methoxy groups -OCH3 is 1. The summed E-state index contributed by atoms with van der Waals surface area (Å²) in [5.41, 5.74) is 1.82. The molecule has 0 spiro atoms. The van der Waals surface area contributed by atoms with Gasteiger partial charge in [-0.2, -0.15) is 0 Å². The van der Waals surface area contributed by atoms with Crippen LogP contribution in [0.3, 0.4) is 0 Å². The van der Waals surface area contributed by atoms with Crippen molar-refractivity contribution in [3.63, 3.8) is 0 Å². The number of carbonyl (C=O) groups is 1. The van der Waals surface area contributed by atoms with E-state index in [1.807, 2.05) is 19.1 Å². The summed E-state index contributed by atoms with van der Waals surface area (Å²) < 4.78 is 16.2. The van der Waals surface area contributed by atoms with Crippen LogP contribution in [0.4, 0.5) is 0 Å².